The molecule has 1 heterocycles. The molecular weight excluding hydrogens is 262 g/mol. The number of anilines is 1. The number of nitrogens with two attached hydrogens (primary N) is 1. The van der Waals surface area contributed by atoms with Gasteiger partial charge in [0.2, 0.25) is 5.91 Å². The Kier molecular flexibility index (Phi) is 6.28. The third-order valence-corrected chi connectivity index (χ3v) is 3.54. The van der Waals surface area contributed by atoms with Crippen LogP contribution in [0.3, 0.4) is 0 Å². The normalized spacial score (nSPS) is 18.4. The Morgan fingerprint density at radius 1 is 1.32 bits per heavy atom. The lowest BCUT2D eigenvalue weighted by Crippen LogP contribution is -2.48. The number of piperidine rings is 1. The van der Waals surface area contributed by atoms with Crippen LogP contribution in [-0.2, 0) is 4.79 Å². The number of carbonyl (C=O) groups excluding carboxylic acids is 1. The summed E-state index contributed by atoms with van der Waals surface area (Å²) >= 11 is 0. The number of halogens is 1. The fraction of sp³-hybridized carbons (Fsp3) is 0.500. The SMILES string of the molecule is CC(C(=O)Nc1ccccc1)N1CCC(N)CC1.Cl. The molecule has 0 radical (unpaired) electrons. The number of para-hydroxylation sites is 1. The van der Waals surface area contributed by atoms with Crippen molar-refractivity contribution in [1.29, 1.82) is 0 Å². The predicted molar refractivity (Wildman–Crippen MR) is 80.6 cm³/mol. The van der Waals surface area contributed by atoms with Crippen molar-refractivity contribution >= 4 is 24.0 Å². The van der Waals surface area contributed by atoms with Crippen LogP contribution in [0.2, 0.25) is 0 Å². The molecule has 1 aromatic rings. The van der Waals surface area contributed by atoms with Crippen LogP contribution in [0.25, 0.3) is 0 Å². The van der Waals surface area contributed by atoms with Crippen molar-refractivity contribution in [2.45, 2.75) is 31.8 Å². The maximum Gasteiger partial charge on any atom is 0.241 e. The number of rotatable bonds is 3. The van der Waals surface area contributed by atoms with E-state index in [-0.39, 0.29) is 24.4 Å². The second kappa shape index (κ2) is 7.48. The maximum absolute atomic E-state index is 12.1. The van der Waals surface area contributed by atoms with Gasteiger partial charge in [-0.2, -0.15) is 0 Å². The molecule has 0 spiro atoms. The van der Waals surface area contributed by atoms with Crippen molar-refractivity contribution in [2.24, 2.45) is 5.73 Å². The highest BCUT2D eigenvalue weighted by molar-refractivity contribution is 5.94. The summed E-state index contributed by atoms with van der Waals surface area (Å²) in [7, 11) is 0. The Labute approximate surface area is 120 Å². The van der Waals surface area contributed by atoms with E-state index < -0.39 is 0 Å². The lowest BCUT2D eigenvalue weighted by atomic mass is 10.0. The van der Waals surface area contributed by atoms with Gasteiger partial charge < -0.3 is 11.1 Å². The van der Waals surface area contributed by atoms with Crippen molar-refractivity contribution in [1.82, 2.24) is 4.90 Å². The molecule has 0 aromatic heterocycles. The van der Waals surface area contributed by atoms with Gasteiger partial charge >= 0.3 is 0 Å². The standard InChI is InChI=1S/C14H21N3O.ClH/c1-11(17-9-7-12(15)8-10-17)14(18)16-13-5-3-2-4-6-13;/h2-6,11-12H,7-10,15H2,1H3,(H,16,18);1H. The van der Waals surface area contributed by atoms with Gasteiger partial charge in [0.25, 0.3) is 0 Å². The van der Waals surface area contributed by atoms with Gasteiger partial charge in [-0.05, 0) is 31.9 Å². The third-order valence-electron chi connectivity index (χ3n) is 3.54. The van der Waals surface area contributed by atoms with Crippen molar-refractivity contribution in [2.75, 3.05) is 18.4 Å². The largest absolute Gasteiger partial charge is 0.328 e. The highest BCUT2D eigenvalue weighted by Crippen LogP contribution is 2.13. The Hall–Kier alpha value is -1.10. The van der Waals surface area contributed by atoms with Crippen molar-refractivity contribution < 1.29 is 4.79 Å². The monoisotopic (exact) mass is 283 g/mol. The molecule has 1 aromatic carbocycles. The van der Waals surface area contributed by atoms with Crippen molar-refractivity contribution in [3.05, 3.63) is 30.3 Å². The zero-order valence-corrected chi connectivity index (χ0v) is 12.0. The molecule has 0 aliphatic carbocycles. The lowest BCUT2D eigenvalue weighted by molar-refractivity contribution is -0.121. The molecule has 106 valence electrons. The summed E-state index contributed by atoms with van der Waals surface area (Å²) in [6.45, 7) is 3.77. The molecule has 1 aliphatic rings. The van der Waals surface area contributed by atoms with Gasteiger partial charge in [0.05, 0.1) is 6.04 Å². The number of amides is 1. The van der Waals surface area contributed by atoms with Gasteiger partial charge in [-0.1, -0.05) is 18.2 Å². The Morgan fingerprint density at radius 3 is 2.47 bits per heavy atom. The molecule has 1 amide bonds. The van der Waals surface area contributed by atoms with Crippen LogP contribution in [-0.4, -0.2) is 36.0 Å². The first-order valence-electron chi connectivity index (χ1n) is 6.52. The van der Waals surface area contributed by atoms with Crippen LogP contribution in [0.5, 0.6) is 0 Å². The highest BCUT2D eigenvalue weighted by atomic mass is 35.5. The van der Waals surface area contributed by atoms with E-state index in [1.807, 2.05) is 37.3 Å². The summed E-state index contributed by atoms with van der Waals surface area (Å²) in [5.41, 5.74) is 6.72. The summed E-state index contributed by atoms with van der Waals surface area (Å²) in [4.78, 5) is 14.3. The zero-order valence-electron chi connectivity index (χ0n) is 11.2. The Morgan fingerprint density at radius 2 is 1.89 bits per heavy atom. The zero-order chi connectivity index (χ0) is 13.0. The van der Waals surface area contributed by atoms with Crippen molar-refractivity contribution in [3.8, 4) is 0 Å². The quantitative estimate of drug-likeness (QED) is 0.890. The average molecular weight is 284 g/mol. The van der Waals surface area contributed by atoms with E-state index in [4.69, 9.17) is 5.73 Å². The molecule has 1 unspecified atom stereocenters. The van der Waals surface area contributed by atoms with E-state index in [1.54, 1.807) is 0 Å². The fourth-order valence-electron chi connectivity index (χ4n) is 2.24. The molecule has 0 bridgehead atoms. The molecule has 0 saturated carbocycles. The predicted octanol–water partition coefficient (Wildman–Crippen LogP) is 1.86. The molecule has 3 N–H and O–H groups in total. The number of nitrogens with zero attached hydrogens (tertiary/aromatic N) is 1. The number of likely N-dealkylation sites (tertiary alicyclic amines) is 1. The topological polar surface area (TPSA) is 58.4 Å². The minimum atomic E-state index is -0.0993. The van der Waals surface area contributed by atoms with Crippen LogP contribution in [0, 0.1) is 0 Å². The summed E-state index contributed by atoms with van der Waals surface area (Å²) in [6.07, 6.45) is 1.95. The number of hydrogen-bond donors (Lipinski definition) is 2. The molecule has 19 heavy (non-hydrogen) atoms. The van der Waals surface area contributed by atoms with E-state index in [9.17, 15) is 4.79 Å². The molecule has 1 saturated heterocycles. The Balaban J connectivity index is 0.00000180. The van der Waals surface area contributed by atoms with Gasteiger partial charge in [0.15, 0.2) is 0 Å². The molecule has 1 fully saturated rings. The Bertz CT molecular complexity index is 391. The highest BCUT2D eigenvalue weighted by Gasteiger charge is 2.25. The maximum atomic E-state index is 12.1. The molecule has 1 aliphatic heterocycles. The van der Waals surface area contributed by atoms with E-state index in [0.29, 0.717) is 6.04 Å². The summed E-state index contributed by atoms with van der Waals surface area (Å²) in [5.74, 6) is 0.0525. The van der Waals surface area contributed by atoms with Crippen LogP contribution in [0.4, 0.5) is 5.69 Å². The van der Waals surface area contributed by atoms with Gasteiger partial charge in [-0.15, -0.1) is 12.4 Å². The minimum absolute atomic E-state index is 0. The first-order valence-corrected chi connectivity index (χ1v) is 6.52. The first kappa shape index (κ1) is 16.0. The third kappa shape index (κ3) is 4.49. The van der Waals surface area contributed by atoms with E-state index in [1.165, 1.54) is 0 Å². The smallest absolute Gasteiger partial charge is 0.241 e. The summed E-state index contributed by atoms with van der Waals surface area (Å²) < 4.78 is 0. The minimum Gasteiger partial charge on any atom is -0.328 e. The van der Waals surface area contributed by atoms with Crippen LogP contribution >= 0.6 is 12.4 Å². The number of hydrogen-bond acceptors (Lipinski definition) is 3. The second-order valence-corrected chi connectivity index (χ2v) is 4.90. The molecule has 2 rings (SSSR count). The van der Waals surface area contributed by atoms with E-state index >= 15 is 0 Å². The fourth-order valence-corrected chi connectivity index (χ4v) is 2.24. The van der Waals surface area contributed by atoms with Crippen LogP contribution < -0.4 is 11.1 Å². The first-order chi connectivity index (χ1) is 8.66. The molecule has 1 atom stereocenters. The van der Waals surface area contributed by atoms with Crippen LogP contribution in [0.15, 0.2) is 30.3 Å². The summed E-state index contributed by atoms with van der Waals surface area (Å²) in [5, 5.41) is 2.94. The molecular formula is C14H22ClN3O. The number of benzene rings is 1. The van der Waals surface area contributed by atoms with Crippen LogP contribution in [0.1, 0.15) is 19.8 Å². The van der Waals surface area contributed by atoms with Gasteiger partial charge in [-0.25, -0.2) is 0 Å². The van der Waals surface area contributed by atoms with E-state index in [2.05, 4.69) is 10.2 Å². The van der Waals surface area contributed by atoms with Crippen molar-refractivity contribution in [3.63, 3.8) is 0 Å². The van der Waals surface area contributed by atoms with E-state index in [0.717, 1.165) is 31.6 Å². The lowest BCUT2D eigenvalue weighted by Gasteiger charge is -2.33. The second-order valence-electron chi connectivity index (χ2n) is 4.90. The average Bonchev–Trinajstić information content (AvgIpc) is 2.40. The number of carbonyl (C=O) groups is 1. The summed E-state index contributed by atoms with van der Waals surface area (Å²) in [6, 6.07) is 9.77. The molecule has 4 nitrogen and oxygen atoms in total. The number of nitrogens with one attached hydrogen (secondary N) is 1. The van der Waals surface area contributed by atoms with Gasteiger partial charge in [0.1, 0.15) is 0 Å². The van der Waals surface area contributed by atoms with Gasteiger partial charge in [-0.3, -0.25) is 9.69 Å². The van der Waals surface area contributed by atoms with Gasteiger partial charge in [0, 0.05) is 24.8 Å². The molecule has 5 heteroatoms.